The van der Waals surface area contributed by atoms with Gasteiger partial charge in [-0.15, -0.1) is 0 Å². The van der Waals surface area contributed by atoms with E-state index in [1.54, 1.807) is 0 Å². The van der Waals surface area contributed by atoms with Crippen molar-refractivity contribution in [3.63, 3.8) is 0 Å². The smallest absolute Gasteiger partial charge is 0.241 e. The van der Waals surface area contributed by atoms with E-state index in [9.17, 15) is 9.18 Å². The summed E-state index contributed by atoms with van der Waals surface area (Å²) in [7, 11) is 0. The molecule has 1 aliphatic carbocycles. The minimum absolute atomic E-state index is 0.177. The predicted octanol–water partition coefficient (Wildman–Crippen LogP) is 4.08. The second kappa shape index (κ2) is 6.69. The largest absolute Gasteiger partial charge is 0.323 e. The average molecular weight is 333 g/mol. The lowest BCUT2D eigenvalue weighted by molar-refractivity contribution is -0.118. The highest BCUT2D eigenvalue weighted by atomic mass is 35.5. The molecule has 3 rings (SSSR count). The second-order valence-electron chi connectivity index (χ2n) is 5.79. The molecule has 2 aromatic carbocycles. The number of nitrogens with one attached hydrogen (secondary N) is 2. The molecule has 0 saturated heterocycles. The van der Waals surface area contributed by atoms with Crippen molar-refractivity contribution < 1.29 is 9.18 Å². The Labute approximate surface area is 139 Å². The van der Waals surface area contributed by atoms with E-state index < -0.39 is 5.82 Å². The summed E-state index contributed by atoms with van der Waals surface area (Å²) in [6, 6.07) is 12.0. The summed E-state index contributed by atoms with van der Waals surface area (Å²) in [5, 5.41) is 6.28. The van der Waals surface area contributed by atoms with Gasteiger partial charge in [0.05, 0.1) is 16.8 Å². The molecule has 0 saturated carbocycles. The van der Waals surface area contributed by atoms with Gasteiger partial charge in [0, 0.05) is 6.04 Å². The highest BCUT2D eigenvalue weighted by molar-refractivity contribution is 6.33. The van der Waals surface area contributed by atoms with Crippen molar-refractivity contribution in [2.45, 2.75) is 31.8 Å². The molecule has 0 fully saturated rings. The van der Waals surface area contributed by atoms with Gasteiger partial charge >= 0.3 is 0 Å². The molecule has 0 aromatic heterocycles. The van der Waals surface area contributed by atoms with Crippen LogP contribution in [-0.4, -0.2) is 11.9 Å². The van der Waals surface area contributed by atoms with Crippen LogP contribution in [0, 0.1) is 5.82 Å². The van der Waals surface area contributed by atoms with Gasteiger partial charge in [-0.25, -0.2) is 4.39 Å². The lowest BCUT2D eigenvalue weighted by Crippen LogP contribution is -2.39. The van der Waals surface area contributed by atoms with Crippen molar-refractivity contribution in [2.24, 2.45) is 0 Å². The Hall–Kier alpha value is -1.91. The maximum atomic E-state index is 13.0. The van der Waals surface area contributed by atoms with Crippen molar-refractivity contribution in [1.82, 2.24) is 5.32 Å². The molecule has 0 aliphatic heterocycles. The number of amides is 1. The van der Waals surface area contributed by atoms with E-state index >= 15 is 0 Å². The number of hydrogen-bond acceptors (Lipinski definition) is 2. The van der Waals surface area contributed by atoms with Crippen molar-refractivity contribution in [3.8, 4) is 0 Å². The van der Waals surface area contributed by atoms with Gasteiger partial charge in [0.2, 0.25) is 5.91 Å². The Morgan fingerprint density at radius 1 is 1.30 bits per heavy atom. The van der Waals surface area contributed by atoms with Crippen LogP contribution in [0.3, 0.4) is 0 Å². The van der Waals surface area contributed by atoms with Crippen LogP contribution in [0.2, 0.25) is 5.02 Å². The number of anilines is 1. The molecule has 1 amide bonds. The maximum Gasteiger partial charge on any atom is 0.241 e. The monoisotopic (exact) mass is 332 g/mol. The van der Waals surface area contributed by atoms with Gasteiger partial charge in [-0.2, -0.15) is 0 Å². The third-order valence-corrected chi connectivity index (χ3v) is 4.48. The summed E-state index contributed by atoms with van der Waals surface area (Å²) in [5.74, 6) is -0.621. The van der Waals surface area contributed by atoms with Gasteiger partial charge < -0.3 is 5.32 Å². The lowest BCUT2D eigenvalue weighted by atomic mass is 10.1. The number of fused-ring (bicyclic) bond motifs is 1. The third-order valence-electron chi connectivity index (χ3n) is 4.17. The molecule has 0 radical (unpaired) electrons. The first kappa shape index (κ1) is 16.0. The molecule has 0 spiro atoms. The highest BCUT2D eigenvalue weighted by Gasteiger charge is 2.25. The van der Waals surface area contributed by atoms with E-state index in [4.69, 9.17) is 11.6 Å². The third kappa shape index (κ3) is 3.54. The zero-order valence-electron chi connectivity index (χ0n) is 12.8. The fourth-order valence-electron chi connectivity index (χ4n) is 2.94. The van der Waals surface area contributed by atoms with Crippen LogP contribution in [0.25, 0.3) is 0 Å². The van der Waals surface area contributed by atoms with Gasteiger partial charge in [0.15, 0.2) is 0 Å². The Balaban J connectivity index is 1.64. The molecule has 2 atom stereocenters. The Morgan fingerprint density at radius 2 is 2.09 bits per heavy atom. The topological polar surface area (TPSA) is 41.1 Å². The summed E-state index contributed by atoms with van der Waals surface area (Å²) in [6.45, 7) is 1.81. The molecule has 2 aromatic rings. The van der Waals surface area contributed by atoms with Crippen molar-refractivity contribution >= 4 is 23.2 Å². The molecular weight excluding hydrogens is 315 g/mol. The van der Waals surface area contributed by atoms with Crippen molar-refractivity contribution in [1.29, 1.82) is 0 Å². The summed E-state index contributed by atoms with van der Waals surface area (Å²) in [5.41, 5.74) is 3.00. The number of carbonyl (C=O) groups is 1. The van der Waals surface area contributed by atoms with Crippen molar-refractivity contribution in [3.05, 3.63) is 64.4 Å². The zero-order chi connectivity index (χ0) is 16.4. The molecule has 1 aliphatic rings. The van der Waals surface area contributed by atoms with E-state index in [0.29, 0.717) is 5.69 Å². The SMILES string of the molecule is C[C@H](N[C@H]1CCc2ccccc21)C(=O)Nc1ccc(F)cc1Cl. The van der Waals surface area contributed by atoms with E-state index in [1.807, 2.05) is 19.1 Å². The fraction of sp³-hybridized carbons (Fsp3) is 0.278. The van der Waals surface area contributed by atoms with E-state index in [1.165, 1.54) is 29.3 Å². The first-order valence-electron chi connectivity index (χ1n) is 7.64. The molecule has 2 N–H and O–H groups in total. The number of rotatable bonds is 4. The number of hydrogen-bond donors (Lipinski definition) is 2. The molecule has 5 heteroatoms. The number of aryl methyl sites for hydroxylation is 1. The molecule has 0 unspecified atom stereocenters. The van der Waals surface area contributed by atoms with E-state index in [2.05, 4.69) is 22.8 Å². The first-order chi connectivity index (χ1) is 11.0. The fourth-order valence-corrected chi connectivity index (χ4v) is 3.15. The summed E-state index contributed by atoms with van der Waals surface area (Å²) < 4.78 is 13.0. The standard InChI is InChI=1S/C18H18ClFN2O/c1-11(18(23)22-17-9-7-13(20)10-15(17)19)21-16-8-6-12-4-2-3-5-14(12)16/h2-5,7,9-11,16,21H,6,8H2,1H3,(H,22,23)/t11-,16-/m0/s1. The highest BCUT2D eigenvalue weighted by Crippen LogP contribution is 2.31. The first-order valence-corrected chi connectivity index (χ1v) is 8.02. The van der Waals surface area contributed by atoms with Gasteiger partial charge in [-0.3, -0.25) is 10.1 Å². The molecule has 120 valence electrons. The van der Waals surface area contributed by atoms with E-state index in [0.717, 1.165) is 12.8 Å². The number of carbonyl (C=O) groups excluding carboxylic acids is 1. The molecule has 0 heterocycles. The van der Waals surface area contributed by atoms with Crippen LogP contribution < -0.4 is 10.6 Å². The quantitative estimate of drug-likeness (QED) is 0.885. The van der Waals surface area contributed by atoms with Crippen LogP contribution in [-0.2, 0) is 11.2 Å². The van der Waals surface area contributed by atoms with Crippen molar-refractivity contribution in [2.75, 3.05) is 5.32 Å². The van der Waals surface area contributed by atoms with E-state index in [-0.39, 0.29) is 23.0 Å². The van der Waals surface area contributed by atoms with Gasteiger partial charge in [0.1, 0.15) is 5.82 Å². The van der Waals surface area contributed by atoms with Gasteiger partial charge in [-0.05, 0) is 49.1 Å². The minimum Gasteiger partial charge on any atom is -0.323 e. The zero-order valence-corrected chi connectivity index (χ0v) is 13.5. The number of halogens is 2. The molecule has 23 heavy (non-hydrogen) atoms. The lowest BCUT2D eigenvalue weighted by Gasteiger charge is -2.20. The Morgan fingerprint density at radius 3 is 2.87 bits per heavy atom. The second-order valence-corrected chi connectivity index (χ2v) is 6.20. The normalized spacial score (nSPS) is 17.6. The van der Waals surface area contributed by atoms with Gasteiger partial charge in [-0.1, -0.05) is 35.9 Å². The molecule has 0 bridgehead atoms. The Bertz CT molecular complexity index is 735. The summed E-state index contributed by atoms with van der Waals surface area (Å²) >= 11 is 5.94. The molecular formula is C18H18ClFN2O. The average Bonchev–Trinajstić information content (AvgIpc) is 2.93. The summed E-state index contributed by atoms with van der Waals surface area (Å²) in [6.07, 6.45) is 2.00. The maximum absolute atomic E-state index is 13.0. The molecule has 3 nitrogen and oxygen atoms in total. The van der Waals surface area contributed by atoms with Crippen LogP contribution in [0.1, 0.15) is 30.5 Å². The van der Waals surface area contributed by atoms with Crippen LogP contribution in [0.4, 0.5) is 10.1 Å². The van der Waals surface area contributed by atoms with Crippen LogP contribution in [0.5, 0.6) is 0 Å². The number of benzene rings is 2. The predicted molar refractivity (Wildman–Crippen MR) is 90.1 cm³/mol. The van der Waals surface area contributed by atoms with Gasteiger partial charge in [0.25, 0.3) is 0 Å². The van der Waals surface area contributed by atoms with Crippen LogP contribution >= 0.6 is 11.6 Å². The Kier molecular flexibility index (Phi) is 4.64. The summed E-state index contributed by atoms with van der Waals surface area (Å²) in [4.78, 5) is 12.3. The minimum atomic E-state index is -0.429. The van der Waals surface area contributed by atoms with Crippen LogP contribution in [0.15, 0.2) is 42.5 Å².